The number of carbonyl (C=O) groups excluding carboxylic acids is 1. The topological polar surface area (TPSA) is 66.1 Å². The van der Waals surface area contributed by atoms with Gasteiger partial charge in [-0.25, -0.2) is 4.98 Å². The van der Waals surface area contributed by atoms with Crippen molar-refractivity contribution in [3.05, 3.63) is 63.3 Å². The molecular formula is C17H19N3O2. The maximum absolute atomic E-state index is 12.4. The number of fused-ring (bicyclic) bond motifs is 1. The number of H-pyrrole nitrogens is 1. The number of aryl methyl sites for hydroxylation is 2. The number of aromatic amines is 1. The quantitative estimate of drug-likeness (QED) is 0.935. The number of nitrogens with one attached hydrogen (secondary N) is 1. The summed E-state index contributed by atoms with van der Waals surface area (Å²) in [5.74, 6) is 0.0946. The Bertz CT molecular complexity index is 752. The molecule has 3 rings (SSSR count). The first kappa shape index (κ1) is 14.5. The Morgan fingerprint density at radius 1 is 1.36 bits per heavy atom. The normalized spacial score (nSPS) is 13.8. The van der Waals surface area contributed by atoms with Crippen molar-refractivity contribution in [2.45, 2.75) is 32.7 Å². The van der Waals surface area contributed by atoms with Crippen molar-refractivity contribution in [2.75, 3.05) is 6.54 Å². The van der Waals surface area contributed by atoms with Gasteiger partial charge in [-0.15, -0.1) is 0 Å². The Morgan fingerprint density at radius 3 is 3.00 bits per heavy atom. The molecule has 1 N–H and O–H groups in total. The summed E-state index contributed by atoms with van der Waals surface area (Å²) in [7, 11) is 0. The molecule has 5 heteroatoms. The maximum atomic E-state index is 12.4. The molecule has 0 radical (unpaired) electrons. The van der Waals surface area contributed by atoms with Gasteiger partial charge in [-0.2, -0.15) is 0 Å². The third-order valence-electron chi connectivity index (χ3n) is 4.23. The van der Waals surface area contributed by atoms with E-state index in [9.17, 15) is 9.59 Å². The van der Waals surface area contributed by atoms with E-state index >= 15 is 0 Å². The van der Waals surface area contributed by atoms with Crippen LogP contribution in [-0.2, 0) is 24.2 Å². The fraction of sp³-hybridized carbons (Fsp3) is 0.353. The first-order valence-corrected chi connectivity index (χ1v) is 7.53. The third kappa shape index (κ3) is 2.93. The van der Waals surface area contributed by atoms with E-state index in [1.807, 2.05) is 12.1 Å². The van der Waals surface area contributed by atoms with E-state index < -0.39 is 0 Å². The van der Waals surface area contributed by atoms with Crippen LogP contribution >= 0.6 is 0 Å². The molecule has 0 saturated carbocycles. The first-order chi connectivity index (χ1) is 10.6. The first-order valence-electron chi connectivity index (χ1n) is 7.53. The van der Waals surface area contributed by atoms with E-state index in [0.29, 0.717) is 31.5 Å². The van der Waals surface area contributed by atoms with Crippen LogP contribution in [-0.4, -0.2) is 27.3 Å². The zero-order chi connectivity index (χ0) is 15.5. The number of hydrogen-bond donors (Lipinski definition) is 1. The lowest BCUT2D eigenvalue weighted by Crippen LogP contribution is -2.39. The zero-order valence-electron chi connectivity index (χ0n) is 12.6. The van der Waals surface area contributed by atoms with Crippen molar-refractivity contribution >= 4 is 5.91 Å². The van der Waals surface area contributed by atoms with E-state index in [-0.39, 0.29) is 11.5 Å². The minimum absolute atomic E-state index is 0.0946. The molecule has 1 aromatic carbocycles. The number of rotatable bonds is 3. The van der Waals surface area contributed by atoms with Gasteiger partial charge >= 0.3 is 0 Å². The van der Waals surface area contributed by atoms with Gasteiger partial charge in [0.15, 0.2) is 0 Å². The molecule has 0 bridgehead atoms. The van der Waals surface area contributed by atoms with E-state index in [2.05, 4.69) is 29.0 Å². The molecule has 0 saturated heterocycles. The highest BCUT2D eigenvalue weighted by Crippen LogP contribution is 2.15. The lowest BCUT2D eigenvalue weighted by Gasteiger charge is -2.27. The molecule has 0 aliphatic carbocycles. The maximum Gasteiger partial charge on any atom is 0.255 e. The summed E-state index contributed by atoms with van der Waals surface area (Å²) in [5.41, 5.74) is 3.71. The van der Waals surface area contributed by atoms with Crippen molar-refractivity contribution in [2.24, 2.45) is 0 Å². The van der Waals surface area contributed by atoms with Crippen LogP contribution in [0.4, 0.5) is 0 Å². The fourth-order valence-electron chi connectivity index (χ4n) is 2.86. The lowest BCUT2D eigenvalue weighted by molar-refractivity contribution is -0.132. The number of benzene rings is 1. The molecule has 5 nitrogen and oxygen atoms in total. The average Bonchev–Trinajstić information content (AvgIpc) is 2.54. The van der Waals surface area contributed by atoms with Crippen LogP contribution < -0.4 is 5.56 Å². The Morgan fingerprint density at radius 2 is 2.18 bits per heavy atom. The molecule has 0 atom stereocenters. The average molecular weight is 297 g/mol. The van der Waals surface area contributed by atoms with Gasteiger partial charge in [-0.3, -0.25) is 9.59 Å². The molecule has 0 unspecified atom stereocenters. The van der Waals surface area contributed by atoms with Gasteiger partial charge in [-0.1, -0.05) is 24.3 Å². The largest absolute Gasteiger partial charge is 0.338 e. The summed E-state index contributed by atoms with van der Waals surface area (Å²) in [4.78, 5) is 32.7. The molecule has 1 amide bonds. The molecule has 0 fully saturated rings. The van der Waals surface area contributed by atoms with E-state index in [1.165, 1.54) is 17.5 Å². The molecule has 2 aromatic rings. The molecule has 1 aromatic heterocycles. The van der Waals surface area contributed by atoms with Crippen LogP contribution in [0.5, 0.6) is 0 Å². The smallest absolute Gasteiger partial charge is 0.255 e. The Labute approximate surface area is 129 Å². The summed E-state index contributed by atoms with van der Waals surface area (Å²) in [5, 5.41) is 0. The van der Waals surface area contributed by atoms with Gasteiger partial charge in [0, 0.05) is 19.4 Å². The SMILES string of the molecule is Cc1ccccc1CCC(=O)N1CCc2nc[nH]c(=O)c2C1. The standard InChI is InChI=1S/C17H19N3O2/c1-12-4-2-3-5-13(12)6-7-16(21)20-9-8-15-14(10-20)17(22)19-11-18-15/h2-5,11H,6-10H2,1H3,(H,18,19,22). The van der Waals surface area contributed by atoms with Crippen molar-refractivity contribution < 1.29 is 4.79 Å². The number of hydrogen-bond acceptors (Lipinski definition) is 3. The minimum atomic E-state index is -0.138. The highest BCUT2D eigenvalue weighted by Gasteiger charge is 2.23. The number of nitrogens with zero attached hydrogens (tertiary/aromatic N) is 2. The highest BCUT2D eigenvalue weighted by atomic mass is 16.2. The Balaban J connectivity index is 1.66. The zero-order valence-corrected chi connectivity index (χ0v) is 12.6. The monoisotopic (exact) mass is 297 g/mol. The number of aromatic nitrogens is 2. The van der Waals surface area contributed by atoms with Crippen LogP contribution in [0.15, 0.2) is 35.4 Å². The van der Waals surface area contributed by atoms with Gasteiger partial charge in [0.1, 0.15) is 0 Å². The molecule has 1 aliphatic rings. The number of carbonyl (C=O) groups is 1. The summed E-state index contributed by atoms with van der Waals surface area (Å²) < 4.78 is 0. The second-order valence-electron chi connectivity index (χ2n) is 5.65. The van der Waals surface area contributed by atoms with Crippen molar-refractivity contribution in [1.29, 1.82) is 0 Å². The Hall–Kier alpha value is -2.43. The van der Waals surface area contributed by atoms with Gasteiger partial charge in [0.05, 0.1) is 24.1 Å². The van der Waals surface area contributed by atoms with Gasteiger partial charge in [-0.05, 0) is 24.5 Å². The van der Waals surface area contributed by atoms with E-state index in [1.54, 1.807) is 4.90 Å². The van der Waals surface area contributed by atoms with Gasteiger partial charge in [0.2, 0.25) is 5.91 Å². The van der Waals surface area contributed by atoms with Gasteiger partial charge < -0.3 is 9.88 Å². The predicted octanol–water partition coefficient (Wildman–Crippen LogP) is 1.60. The minimum Gasteiger partial charge on any atom is -0.338 e. The van der Waals surface area contributed by atoms with Crippen LogP contribution in [0, 0.1) is 6.92 Å². The Kier molecular flexibility index (Phi) is 4.04. The second-order valence-corrected chi connectivity index (χ2v) is 5.65. The van der Waals surface area contributed by atoms with Crippen LogP contribution in [0.2, 0.25) is 0 Å². The van der Waals surface area contributed by atoms with Crippen LogP contribution in [0.3, 0.4) is 0 Å². The molecule has 0 spiro atoms. The fourth-order valence-corrected chi connectivity index (χ4v) is 2.86. The lowest BCUT2D eigenvalue weighted by atomic mass is 10.0. The second kappa shape index (κ2) is 6.13. The third-order valence-corrected chi connectivity index (χ3v) is 4.23. The van der Waals surface area contributed by atoms with Crippen molar-refractivity contribution in [3.8, 4) is 0 Å². The molecule has 22 heavy (non-hydrogen) atoms. The van der Waals surface area contributed by atoms with Crippen molar-refractivity contribution in [1.82, 2.24) is 14.9 Å². The van der Waals surface area contributed by atoms with E-state index in [4.69, 9.17) is 0 Å². The summed E-state index contributed by atoms with van der Waals surface area (Å²) in [6.07, 6.45) is 3.28. The molecular weight excluding hydrogens is 278 g/mol. The summed E-state index contributed by atoms with van der Waals surface area (Å²) in [6, 6.07) is 8.11. The van der Waals surface area contributed by atoms with Crippen LogP contribution in [0.25, 0.3) is 0 Å². The number of amides is 1. The van der Waals surface area contributed by atoms with Gasteiger partial charge in [0.25, 0.3) is 5.56 Å². The summed E-state index contributed by atoms with van der Waals surface area (Å²) in [6.45, 7) is 3.06. The summed E-state index contributed by atoms with van der Waals surface area (Å²) >= 11 is 0. The van der Waals surface area contributed by atoms with E-state index in [0.717, 1.165) is 12.1 Å². The molecule has 114 valence electrons. The predicted molar refractivity (Wildman–Crippen MR) is 83.5 cm³/mol. The highest BCUT2D eigenvalue weighted by molar-refractivity contribution is 5.76. The molecule has 1 aliphatic heterocycles. The molecule has 2 heterocycles. The van der Waals surface area contributed by atoms with Crippen molar-refractivity contribution in [3.63, 3.8) is 0 Å². The van der Waals surface area contributed by atoms with Crippen LogP contribution in [0.1, 0.15) is 28.8 Å².